The highest BCUT2D eigenvalue weighted by molar-refractivity contribution is 6.32. The summed E-state index contributed by atoms with van der Waals surface area (Å²) in [6.07, 6.45) is 1.81. The fourth-order valence-corrected chi connectivity index (χ4v) is 2.27. The van der Waals surface area contributed by atoms with Crippen molar-refractivity contribution in [3.8, 4) is 0 Å². The van der Waals surface area contributed by atoms with E-state index >= 15 is 0 Å². The second kappa shape index (κ2) is 4.42. The van der Waals surface area contributed by atoms with Crippen LogP contribution in [0.4, 0.5) is 4.48 Å². The predicted octanol–water partition coefficient (Wildman–Crippen LogP) is 4.01. The Labute approximate surface area is 109 Å². The monoisotopic (exact) mass is 260 g/mol. The van der Waals surface area contributed by atoms with Gasteiger partial charge in [0.25, 0.3) is 0 Å². The molecule has 0 fully saturated rings. The van der Waals surface area contributed by atoms with Crippen LogP contribution >= 0.6 is 11.6 Å². The summed E-state index contributed by atoms with van der Waals surface area (Å²) in [5.41, 5.74) is 3.05. The van der Waals surface area contributed by atoms with Crippen LogP contribution in [0.15, 0.2) is 48.8 Å². The van der Waals surface area contributed by atoms with Crippen molar-refractivity contribution in [3.05, 3.63) is 64.9 Å². The molecule has 0 aliphatic carbocycles. The van der Waals surface area contributed by atoms with Gasteiger partial charge in [0.2, 0.25) is 0 Å². The first-order chi connectivity index (χ1) is 8.75. The van der Waals surface area contributed by atoms with Crippen LogP contribution in [-0.2, 0) is 6.42 Å². The summed E-state index contributed by atoms with van der Waals surface area (Å²) in [7, 11) is 0. The zero-order valence-electron chi connectivity index (χ0n) is 9.48. The van der Waals surface area contributed by atoms with E-state index < -0.39 is 0 Å². The van der Waals surface area contributed by atoms with Gasteiger partial charge in [-0.15, -0.1) is 0 Å². The maximum Gasteiger partial charge on any atom is 0.127 e. The Morgan fingerprint density at radius 3 is 2.67 bits per heavy atom. The van der Waals surface area contributed by atoms with Gasteiger partial charge in [-0.3, -0.25) is 0 Å². The fraction of sp³-hybridized carbons (Fsp3) is 0.0714. The lowest BCUT2D eigenvalue weighted by Crippen LogP contribution is -1.91. The Morgan fingerprint density at radius 2 is 1.89 bits per heavy atom. The molecule has 0 aliphatic rings. The van der Waals surface area contributed by atoms with Gasteiger partial charge >= 0.3 is 0 Å². The number of hydrogen-bond acceptors (Lipinski definition) is 1. The quantitative estimate of drug-likeness (QED) is 0.681. The average molecular weight is 261 g/mol. The van der Waals surface area contributed by atoms with E-state index in [1.165, 1.54) is 0 Å². The van der Waals surface area contributed by atoms with Crippen molar-refractivity contribution in [2.24, 2.45) is 0 Å². The summed E-state index contributed by atoms with van der Waals surface area (Å²) in [6.45, 7) is 0. The summed E-state index contributed by atoms with van der Waals surface area (Å²) in [4.78, 5) is 4.59. The highest BCUT2D eigenvalue weighted by Crippen LogP contribution is 2.27. The SMILES string of the molecule is Fn1cnc2c(Cc3ccccc3)c(Cl)ccc21. The molecular formula is C14H10ClFN2. The van der Waals surface area contributed by atoms with E-state index in [1.807, 2.05) is 30.3 Å². The van der Waals surface area contributed by atoms with Gasteiger partial charge in [-0.25, -0.2) is 4.98 Å². The first-order valence-electron chi connectivity index (χ1n) is 5.60. The minimum atomic E-state index is 0.449. The Bertz CT molecular complexity index is 692. The van der Waals surface area contributed by atoms with Crippen LogP contribution in [-0.4, -0.2) is 9.77 Å². The van der Waals surface area contributed by atoms with Crippen molar-refractivity contribution in [2.75, 3.05) is 0 Å². The highest BCUT2D eigenvalue weighted by Gasteiger charge is 2.11. The van der Waals surface area contributed by atoms with Gasteiger partial charge in [0, 0.05) is 17.0 Å². The van der Waals surface area contributed by atoms with Crippen LogP contribution in [0.3, 0.4) is 0 Å². The lowest BCUT2D eigenvalue weighted by Gasteiger charge is -2.05. The molecule has 0 radical (unpaired) electrons. The summed E-state index contributed by atoms with van der Waals surface area (Å²) in [5.74, 6) is 0. The lowest BCUT2D eigenvalue weighted by molar-refractivity contribution is 0.384. The van der Waals surface area contributed by atoms with Gasteiger partial charge in [-0.1, -0.05) is 46.4 Å². The van der Waals surface area contributed by atoms with Gasteiger partial charge in [-0.05, 0) is 17.7 Å². The third-order valence-electron chi connectivity index (χ3n) is 2.95. The summed E-state index contributed by atoms with van der Waals surface area (Å²) >= 11 is 6.19. The second-order valence-corrected chi connectivity index (χ2v) is 4.52. The molecule has 4 heteroatoms. The minimum Gasteiger partial charge on any atom is -0.234 e. The van der Waals surface area contributed by atoms with Crippen molar-refractivity contribution in [1.29, 1.82) is 0 Å². The van der Waals surface area contributed by atoms with Gasteiger partial charge in [-0.2, -0.15) is 4.79 Å². The van der Waals surface area contributed by atoms with E-state index in [0.29, 0.717) is 27.3 Å². The number of rotatable bonds is 2. The lowest BCUT2D eigenvalue weighted by atomic mass is 10.0. The Balaban J connectivity index is 2.13. The van der Waals surface area contributed by atoms with E-state index in [9.17, 15) is 4.48 Å². The number of fused-ring (bicyclic) bond motifs is 1. The molecule has 18 heavy (non-hydrogen) atoms. The molecule has 3 rings (SSSR count). The molecule has 0 aliphatic heterocycles. The zero-order chi connectivity index (χ0) is 12.5. The number of benzene rings is 2. The van der Waals surface area contributed by atoms with Crippen LogP contribution in [0.1, 0.15) is 11.1 Å². The molecule has 0 unspecified atom stereocenters. The third-order valence-corrected chi connectivity index (χ3v) is 3.30. The van der Waals surface area contributed by atoms with Gasteiger partial charge in [0.15, 0.2) is 0 Å². The summed E-state index contributed by atoms with van der Waals surface area (Å²) < 4.78 is 13.4. The average Bonchev–Trinajstić information content (AvgIpc) is 2.76. The van der Waals surface area contributed by atoms with Crippen molar-refractivity contribution in [1.82, 2.24) is 9.77 Å². The fourth-order valence-electron chi connectivity index (χ4n) is 2.05. The topological polar surface area (TPSA) is 17.8 Å². The number of nitrogens with zero attached hydrogens (tertiary/aromatic N) is 2. The molecule has 0 spiro atoms. The first kappa shape index (κ1) is 11.2. The smallest absolute Gasteiger partial charge is 0.127 e. The highest BCUT2D eigenvalue weighted by atomic mass is 35.5. The zero-order valence-corrected chi connectivity index (χ0v) is 10.2. The molecule has 0 atom stereocenters. The second-order valence-electron chi connectivity index (χ2n) is 4.11. The maximum absolute atomic E-state index is 13.4. The third kappa shape index (κ3) is 1.87. The van der Waals surface area contributed by atoms with Gasteiger partial charge < -0.3 is 0 Å². The molecule has 1 aromatic heterocycles. The van der Waals surface area contributed by atoms with Gasteiger partial charge in [0.1, 0.15) is 11.8 Å². The van der Waals surface area contributed by atoms with Crippen molar-refractivity contribution in [2.45, 2.75) is 6.42 Å². The molecule has 0 saturated carbocycles. The Hall–Kier alpha value is -1.87. The molecule has 90 valence electrons. The largest absolute Gasteiger partial charge is 0.234 e. The summed E-state index contributed by atoms with van der Waals surface area (Å²) in [5, 5.41) is 0.616. The van der Waals surface area contributed by atoms with E-state index in [4.69, 9.17) is 11.6 Å². The minimum absolute atomic E-state index is 0.449. The normalized spacial score (nSPS) is 11.0. The van der Waals surface area contributed by atoms with Crippen LogP contribution in [0.5, 0.6) is 0 Å². The van der Waals surface area contributed by atoms with E-state index in [2.05, 4.69) is 4.98 Å². The Morgan fingerprint density at radius 1 is 1.11 bits per heavy atom. The molecule has 2 aromatic carbocycles. The molecule has 0 N–H and O–H groups in total. The number of aromatic nitrogens is 2. The first-order valence-corrected chi connectivity index (χ1v) is 5.98. The molecule has 0 saturated heterocycles. The van der Waals surface area contributed by atoms with Crippen LogP contribution in [0.25, 0.3) is 11.0 Å². The molecule has 1 heterocycles. The molecular weight excluding hydrogens is 251 g/mol. The van der Waals surface area contributed by atoms with Crippen molar-refractivity contribution in [3.63, 3.8) is 0 Å². The number of halogens is 2. The number of imidazole rings is 1. The molecule has 3 aromatic rings. The standard InChI is InChI=1S/C14H10ClFN2/c15-12-6-7-13-14(17-9-18(13)16)11(12)8-10-4-2-1-3-5-10/h1-7,9H,8H2. The predicted molar refractivity (Wildman–Crippen MR) is 70.5 cm³/mol. The van der Waals surface area contributed by atoms with Crippen molar-refractivity contribution >= 4 is 22.6 Å². The van der Waals surface area contributed by atoms with Crippen LogP contribution in [0.2, 0.25) is 5.02 Å². The van der Waals surface area contributed by atoms with Crippen LogP contribution < -0.4 is 0 Å². The molecule has 0 bridgehead atoms. The van der Waals surface area contributed by atoms with Crippen molar-refractivity contribution < 1.29 is 4.48 Å². The Kier molecular flexibility index (Phi) is 2.76. The van der Waals surface area contributed by atoms with Crippen LogP contribution in [0, 0.1) is 0 Å². The van der Waals surface area contributed by atoms with E-state index in [0.717, 1.165) is 17.5 Å². The van der Waals surface area contributed by atoms with E-state index in [1.54, 1.807) is 12.1 Å². The summed E-state index contributed by atoms with van der Waals surface area (Å²) in [6, 6.07) is 13.3. The number of hydrogen-bond donors (Lipinski definition) is 0. The maximum atomic E-state index is 13.4. The molecule has 2 nitrogen and oxygen atoms in total. The van der Waals surface area contributed by atoms with Gasteiger partial charge in [0.05, 0.1) is 5.52 Å². The van der Waals surface area contributed by atoms with E-state index in [-0.39, 0.29) is 0 Å². The molecule has 0 amide bonds.